The van der Waals surface area contributed by atoms with Crippen LogP contribution in [0.2, 0.25) is 0 Å². The average molecular weight is 866 g/mol. The molecule has 22 nitrogen and oxygen atoms in total. The lowest BCUT2D eigenvalue weighted by atomic mass is 10.1. The zero-order chi connectivity index (χ0) is 44.1. The van der Waals surface area contributed by atoms with Gasteiger partial charge in [0.15, 0.2) is 0 Å². The monoisotopic (exact) mass is 866 g/mol. The third-order valence-electron chi connectivity index (χ3n) is 10.6. The van der Waals surface area contributed by atoms with Gasteiger partial charge in [0.05, 0.1) is 50.8 Å². The Hall–Kier alpha value is -5.50. The molecule has 2 saturated heterocycles. The molecule has 2 unspecified atom stereocenters. The number of unbranched alkanes of at least 4 members (excludes halogenated alkanes) is 2. The van der Waals surface area contributed by atoms with E-state index in [2.05, 4.69) is 43.7 Å². The molecule has 22 heteroatoms. The van der Waals surface area contributed by atoms with Gasteiger partial charge in [-0.25, -0.2) is 9.36 Å². The molecule has 3 aromatic heterocycles. The summed E-state index contributed by atoms with van der Waals surface area (Å²) in [5.41, 5.74) is 7.20. The van der Waals surface area contributed by atoms with E-state index in [1.807, 2.05) is 16.0 Å². The molecular formula is C40H63N15O7. The van der Waals surface area contributed by atoms with E-state index in [1.54, 1.807) is 22.7 Å². The van der Waals surface area contributed by atoms with Crippen molar-refractivity contribution in [3.63, 3.8) is 0 Å². The fourth-order valence-corrected chi connectivity index (χ4v) is 7.00. The molecule has 5 rings (SSSR count). The van der Waals surface area contributed by atoms with Crippen molar-refractivity contribution >= 4 is 35.6 Å². The molecule has 2 atom stereocenters. The van der Waals surface area contributed by atoms with E-state index in [-0.39, 0.29) is 31.3 Å². The summed E-state index contributed by atoms with van der Waals surface area (Å²) in [5.74, 6) is 2.74. The van der Waals surface area contributed by atoms with Crippen LogP contribution in [-0.2, 0) is 41.4 Å². The Kier molecular flexibility index (Phi) is 19.5. The molecule has 2 aliphatic heterocycles. The van der Waals surface area contributed by atoms with Crippen LogP contribution >= 0.6 is 0 Å². The third-order valence-corrected chi connectivity index (χ3v) is 10.6. The van der Waals surface area contributed by atoms with Crippen LogP contribution in [0.3, 0.4) is 0 Å². The van der Waals surface area contributed by atoms with Gasteiger partial charge < -0.3 is 50.0 Å². The van der Waals surface area contributed by atoms with Crippen LogP contribution in [0.1, 0.15) is 75.8 Å². The number of ether oxygens (including phenoxy) is 3. The van der Waals surface area contributed by atoms with Crippen LogP contribution < -0.4 is 20.9 Å². The number of amides is 2. The summed E-state index contributed by atoms with van der Waals surface area (Å²) in [4.78, 5) is 60.8. The maximum absolute atomic E-state index is 14.0. The molecule has 62 heavy (non-hydrogen) atoms. The van der Waals surface area contributed by atoms with Crippen LogP contribution in [0.4, 0.5) is 17.8 Å². The number of carboxylic acids is 1. The van der Waals surface area contributed by atoms with Gasteiger partial charge in [-0.15, -0.1) is 16.6 Å². The van der Waals surface area contributed by atoms with Gasteiger partial charge in [0, 0.05) is 77.7 Å². The molecule has 0 aliphatic carbocycles. The van der Waals surface area contributed by atoms with Gasteiger partial charge in [-0.05, 0) is 45.6 Å². The lowest BCUT2D eigenvalue weighted by molar-refractivity contribution is -0.137. The number of carboxylic acid groups (broad SMARTS) is 1. The zero-order valence-electron chi connectivity index (χ0n) is 36.1. The fraction of sp³-hybridized carbons (Fsp3) is 0.700. The number of anilines is 3. The maximum Gasteiger partial charge on any atom is 0.303 e. The maximum atomic E-state index is 14.0. The van der Waals surface area contributed by atoms with Crippen molar-refractivity contribution in [3.05, 3.63) is 23.8 Å². The van der Waals surface area contributed by atoms with Gasteiger partial charge in [-0.2, -0.15) is 15.0 Å². The molecule has 0 saturated carbocycles. The molecule has 2 fully saturated rings. The number of aryl methyl sites for hydroxylation is 2. The number of rotatable bonds is 27. The number of aliphatic carboxylic acids is 1. The van der Waals surface area contributed by atoms with Crippen molar-refractivity contribution in [1.29, 1.82) is 0 Å². The Balaban J connectivity index is 1.21. The number of carbonyl (C=O) groups excluding carboxylic acids is 2. The minimum Gasteiger partial charge on any atom is -0.481 e. The number of terminal acetylenes is 1. The van der Waals surface area contributed by atoms with Crippen LogP contribution in [0, 0.1) is 12.3 Å². The topological polar surface area (TPSA) is 250 Å². The number of hydrogen-bond donors (Lipinski definition) is 3. The molecule has 2 aliphatic rings. The number of nitrogens with zero attached hydrogens (tertiary/aromatic N) is 13. The second-order valence-electron chi connectivity index (χ2n) is 15.1. The first-order valence-corrected chi connectivity index (χ1v) is 21.7. The van der Waals surface area contributed by atoms with Crippen LogP contribution in [0.25, 0.3) is 0 Å². The number of piperazine rings is 2. The first-order chi connectivity index (χ1) is 30.2. The Labute approximate surface area is 362 Å². The van der Waals surface area contributed by atoms with E-state index in [1.165, 1.54) is 4.68 Å². The normalized spacial score (nSPS) is 15.4. The fourth-order valence-electron chi connectivity index (χ4n) is 7.00. The second-order valence-corrected chi connectivity index (χ2v) is 15.1. The Bertz CT molecular complexity index is 1870. The van der Waals surface area contributed by atoms with Crippen molar-refractivity contribution in [2.45, 2.75) is 77.3 Å². The van der Waals surface area contributed by atoms with Gasteiger partial charge in [-0.3, -0.25) is 14.4 Å². The van der Waals surface area contributed by atoms with Crippen molar-refractivity contribution in [2.75, 3.05) is 120 Å². The summed E-state index contributed by atoms with van der Waals surface area (Å²) < 4.78 is 19.7. The van der Waals surface area contributed by atoms with E-state index in [4.69, 9.17) is 46.4 Å². The number of hydrogen-bond acceptors (Lipinski definition) is 17. The first-order valence-electron chi connectivity index (χ1n) is 21.7. The van der Waals surface area contributed by atoms with Crippen molar-refractivity contribution in [2.24, 2.45) is 5.73 Å². The predicted molar refractivity (Wildman–Crippen MR) is 228 cm³/mol. The predicted octanol–water partition coefficient (Wildman–Crippen LogP) is 0.438. The van der Waals surface area contributed by atoms with E-state index >= 15 is 0 Å². The minimum atomic E-state index is -0.922. The molecule has 4 N–H and O–H groups in total. The van der Waals surface area contributed by atoms with Crippen LogP contribution in [0.5, 0.6) is 0 Å². The van der Waals surface area contributed by atoms with Crippen LogP contribution in [-0.4, -0.2) is 183 Å². The summed E-state index contributed by atoms with van der Waals surface area (Å²) >= 11 is 0. The molecular weight excluding hydrogens is 803 g/mol. The number of nitrogens with one attached hydrogen (secondary N) is 1. The standard InChI is InChI=1S/C40H63N15O7/c1-4-6-9-32-30-55(49-46-32)34(10-7-8-13-41)37(59)51-17-21-53(22-18-51)40-44-38(42-14-24-61-26-28-62-27-25-60-23-5-2)43-39(45-40)52-19-15-50(16-20-52)36(58)31(3)54-29-33(47-48-54)11-12-35(56)57/h2,29-31,34H,4,6-28,41H2,1,3H3,(H,56,57)(H,42,43,44,45). The highest BCUT2D eigenvalue weighted by molar-refractivity contribution is 5.81. The van der Waals surface area contributed by atoms with Crippen molar-refractivity contribution in [3.8, 4) is 12.3 Å². The first kappa shape index (κ1) is 47.5. The summed E-state index contributed by atoms with van der Waals surface area (Å²) in [6, 6.07) is -1.07. The lowest BCUT2D eigenvalue weighted by Gasteiger charge is -2.37. The largest absolute Gasteiger partial charge is 0.481 e. The highest BCUT2D eigenvalue weighted by atomic mass is 16.5. The molecule has 3 aromatic rings. The lowest BCUT2D eigenvalue weighted by Crippen LogP contribution is -2.52. The number of aromatic nitrogens is 9. The summed E-state index contributed by atoms with van der Waals surface area (Å²) in [6.07, 6.45) is 14.0. The van der Waals surface area contributed by atoms with E-state index < -0.39 is 18.1 Å². The Morgan fingerprint density at radius 1 is 0.790 bits per heavy atom. The van der Waals surface area contributed by atoms with Crippen LogP contribution in [0.15, 0.2) is 12.4 Å². The minimum absolute atomic E-state index is 0.0131. The van der Waals surface area contributed by atoms with Crippen molar-refractivity contribution < 1.29 is 33.7 Å². The summed E-state index contributed by atoms with van der Waals surface area (Å²) in [5, 5.41) is 29.1. The SMILES string of the molecule is C#CCOCCOCCOCCNc1nc(N2CCN(C(=O)C(C)n3cc(CCC(=O)O)nn3)CC2)nc(N2CCN(C(=O)C(CCCCN)n3cc(CCCC)nn3)CC2)n1. The Morgan fingerprint density at radius 3 is 1.98 bits per heavy atom. The summed E-state index contributed by atoms with van der Waals surface area (Å²) in [6.45, 7) is 11.0. The third kappa shape index (κ3) is 14.6. The van der Waals surface area contributed by atoms with E-state index in [0.29, 0.717) is 128 Å². The Morgan fingerprint density at radius 2 is 1.37 bits per heavy atom. The number of carbonyl (C=O) groups is 3. The molecule has 2 amide bonds. The second kappa shape index (κ2) is 25.4. The molecule has 340 valence electrons. The van der Waals surface area contributed by atoms with Gasteiger partial charge in [-0.1, -0.05) is 29.7 Å². The highest BCUT2D eigenvalue weighted by Crippen LogP contribution is 2.23. The van der Waals surface area contributed by atoms with E-state index in [0.717, 1.165) is 37.8 Å². The summed E-state index contributed by atoms with van der Waals surface area (Å²) in [7, 11) is 0. The molecule has 0 bridgehead atoms. The van der Waals surface area contributed by atoms with Gasteiger partial charge in [0.1, 0.15) is 18.7 Å². The van der Waals surface area contributed by atoms with E-state index in [9.17, 15) is 14.4 Å². The highest BCUT2D eigenvalue weighted by Gasteiger charge is 2.32. The van der Waals surface area contributed by atoms with Crippen molar-refractivity contribution in [1.82, 2.24) is 54.7 Å². The molecule has 0 aromatic carbocycles. The zero-order valence-corrected chi connectivity index (χ0v) is 36.1. The van der Waals surface area contributed by atoms with Gasteiger partial charge in [0.25, 0.3) is 0 Å². The molecule has 0 spiro atoms. The number of nitrogens with two attached hydrogens (primary N) is 1. The average Bonchev–Trinajstić information content (AvgIpc) is 3.98. The molecule has 0 radical (unpaired) electrons. The van der Waals surface area contributed by atoms with Gasteiger partial charge in [0.2, 0.25) is 29.7 Å². The molecule has 5 heterocycles. The smallest absolute Gasteiger partial charge is 0.303 e. The van der Waals surface area contributed by atoms with Gasteiger partial charge >= 0.3 is 5.97 Å². The quantitative estimate of drug-likeness (QED) is 0.0695.